The van der Waals surface area contributed by atoms with Crippen LogP contribution in [0, 0.1) is 5.82 Å². The number of nitrogens with two attached hydrogens (primary N) is 1. The lowest BCUT2D eigenvalue weighted by Gasteiger charge is -2.36. The minimum absolute atomic E-state index is 0.0687. The van der Waals surface area contributed by atoms with Crippen molar-refractivity contribution in [2.45, 2.75) is 37.8 Å². The van der Waals surface area contributed by atoms with Crippen molar-refractivity contribution in [1.29, 1.82) is 0 Å². The molecule has 1 saturated heterocycles. The highest BCUT2D eigenvalue weighted by molar-refractivity contribution is 5.92. The molecule has 3 N–H and O–H groups in total. The Hall–Kier alpha value is -2.93. The van der Waals surface area contributed by atoms with Gasteiger partial charge in [0.05, 0.1) is 12.5 Å². The Bertz CT molecular complexity index is 852. The Morgan fingerprint density at radius 1 is 1.18 bits per heavy atom. The number of nitrogens with zero attached hydrogens (tertiary/aromatic N) is 1. The largest absolute Gasteiger partial charge is 0.457 e. The molecular weight excluding hydrogens is 363 g/mol. The van der Waals surface area contributed by atoms with Crippen LogP contribution in [0.15, 0.2) is 48.5 Å². The monoisotopic (exact) mass is 386 g/mol. The van der Waals surface area contributed by atoms with Gasteiger partial charge in [0.2, 0.25) is 11.8 Å². The van der Waals surface area contributed by atoms with E-state index in [1.165, 1.54) is 36.1 Å². The molecule has 2 atom stereocenters. The van der Waals surface area contributed by atoms with Gasteiger partial charge in [-0.15, -0.1) is 0 Å². The van der Waals surface area contributed by atoms with Crippen molar-refractivity contribution in [2.24, 2.45) is 5.73 Å². The van der Waals surface area contributed by atoms with Gasteiger partial charge in [0.25, 0.3) is 0 Å². The number of aliphatic hydroxyl groups excluding tert-OH is 1. The fraction of sp³-hybridized carbons (Fsp3) is 0.333. The Balaban J connectivity index is 1.87. The number of primary amides is 1. The van der Waals surface area contributed by atoms with Crippen molar-refractivity contribution in [3.8, 4) is 11.5 Å². The van der Waals surface area contributed by atoms with Crippen LogP contribution in [0.2, 0.25) is 0 Å². The number of carbonyl (C=O) groups excluding carboxylic acids is 2. The SMILES string of the molecule is CC(O)CC(=O)N1CCCC1(C(N)=O)c1ccc(Oc2ccc(F)cc2)cc1. The van der Waals surface area contributed by atoms with Gasteiger partial charge in [-0.25, -0.2) is 4.39 Å². The van der Waals surface area contributed by atoms with Crippen molar-refractivity contribution in [3.05, 3.63) is 59.9 Å². The van der Waals surface area contributed by atoms with E-state index in [1.54, 1.807) is 24.3 Å². The molecule has 2 aromatic rings. The summed E-state index contributed by atoms with van der Waals surface area (Å²) in [5, 5.41) is 9.55. The molecule has 1 aliphatic rings. The van der Waals surface area contributed by atoms with Gasteiger partial charge in [-0.3, -0.25) is 9.59 Å². The predicted octanol–water partition coefficient (Wildman–Crippen LogP) is 2.69. The van der Waals surface area contributed by atoms with Gasteiger partial charge >= 0.3 is 0 Å². The van der Waals surface area contributed by atoms with Crippen LogP contribution in [0.1, 0.15) is 31.7 Å². The van der Waals surface area contributed by atoms with Crippen molar-refractivity contribution < 1.29 is 23.8 Å². The number of hydrogen-bond donors (Lipinski definition) is 2. The third-order valence-electron chi connectivity index (χ3n) is 4.94. The van der Waals surface area contributed by atoms with Crippen LogP contribution in [0.25, 0.3) is 0 Å². The second kappa shape index (κ2) is 7.98. The summed E-state index contributed by atoms with van der Waals surface area (Å²) in [5.41, 5.74) is 5.10. The molecule has 1 aliphatic heterocycles. The standard InChI is InChI=1S/C21H23FN2O4/c1-14(25)13-19(26)24-12-2-11-21(24,20(23)27)15-3-7-17(8-4-15)28-18-9-5-16(22)6-10-18/h3-10,14,25H,2,11-13H2,1H3,(H2,23,27). The molecule has 148 valence electrons. The summed E-state index contributed by atoms with van der Waals surface area (Å²) in [6, 6.07) is 12.4. The number of likely N-dealkylation sites (tertiary alicyclic amines) is 1. The summed E-state index contributed by atoms with van der Waals surface area (Å²) in [6.45, 7) is 1.93. The fourth-order valence-corrected chi connectivity index (χ4v) is 3.66. The third kappa shape index (κ3) is 3.84. The molecule has 2 aromatic carbocycles. The van der Waals surface area contributed by atoms with Crippen LogP contribution in [0.4, 0.5) is 4.39 Å². The van der Waals surface area contributed by atoms with Gasteiger partial charge in [-0.2, -0.15) is 0 Å². The normalized spacial score (nSPS) is 20.0. The molecule has 0 saturated carbocycles. The fourth-order valence-electron chi connectivity index (χ4n) is 3.66. The molecule has 1 heterocycles. The second-order valence-corrected chi connectivity index (χ2v) is 7.01. The van der Waals surface area contributed by atoms with Crippen molar-refractivity contribution >= 4 is 11.8 Å². The molecule has 0 aromatic heterocycles. The van der Waals surface area contributed by atoms with E-state index in [0.717, 1.165) is 0 Å². The molecule has 0 bridgehead atoms. The third-order valence-corrected chi connectivity index (χ3v) is 4.94. The summed E-state index contributed by atoms with van der Waals surface area (Å²) in [5.74, 6) is -0.272. The zero-order valence-corrected chi connectivity index (χ0v) is 15.6. The van der Waals surface area contributed by atoms with Gasteiger partial charge in [0, 0.05) is 6.54 Å². The second-order valence-electron chi connectivity index (χ2n) is 7.01. The van der Waals surface area contributed by atoms with Crippen molar-refractivity contribution in [3.63, 3.8) is 0 Å². The molecule has 0 spiro atoms. The van der Waals surface area contributed by atoms with E-state index in [1.807, 2.05) is 0 Å². The van der Waals surface area contributed by atoms with Crippen molar-refractivity contribution in [1.82, 2.24) is 4.90 Å². The number of ether oxygens (including phenoxy) is 1. The summed E-state index contributed by atoms with van der Waals surface area (Å²) < 4.78 is 18.7. The van der Waals surface area contributed by atoms with Crippen LogP contribution < -0.4 is 10.5 Å². The number of halogens is 1. The summed E-state index contributed by atoms with van der Waals surface area (Å²) in [6.07, 6.45) is 0.194. The molecule has 6 nitrogen and oxygen atoms in total. The van der Waals surface area contributed by atoms with Crippen molar-refractivity contribution in [2.75, 3.05) is 6.54 Å². The molecule has 2 amide bonds. The molecule has 28 heavy (non-hydrogen) atoms. The van der Waals surface area contributed by atoms with E-state index in [0.29, 0.717) is 36.4 Å². The molecule has 3 rings (SSSR count). The lowest BCUT2D eigenvalue weighted by molar-refractivity contribution is -0.145. The number of amides is 2. The topological polar surface area (TPSA) is 92.9 Å². The zero-order chi connectivity index (χ0) is 20.3. The molecule has 1 fully saturated rings. The van der Waals surface area contributed by atoms with E-state index in [4.69, 9.17) is 10.5 Å². The maximum atomic E-state index is 13.0. The Kier molecular flexibility index (Phi) is 5.65. The van der Waals surface area contributed by atoms with Crippen LogP contribution in [0.5, 0.6) is 11.5 Å². The Morgan fingerprint density at radius 2 is 1.75 bits per heavy atom. The van der Waals surface area contributed by atoms with Gasteiger partial charge in [-0.1, -0.05) is 12.1 Å². The lowest BCUT2D eigenvalue weighted by Crippen LogP contribution is -2.53. The average molecular weight is 386 g/mol. The quantitative estimate of drug-likeness (QED) is 0.798. The van der Waals surface area contributed by atoms with Crippen LogP contribution >= 0.6 is 0 Å². The van der Waals surface area contributed by atoms with Crippen LogP contribution in [-0.4, -0.2) is 34.5 Å². The van der Waals surface area contributed by atoms with Crippen LogP contribution in [0.3, 0.4) is 0 Å². The van der Waals surface area contributed by atoms with E-state index in [9.17, 15) is 19.1 Å². The van der Waals surface area contributed by atoms with Crippen LogP contribution in [-0.2, 0) is 15.1 Å². The summed E-state index contributed by atoms with van der Waals surface area (Å²) in [7, 11) is 0. The molecule has 0 radical (unpaired) electrons. The highest BCUT2D eigenvalue weighted by Crippen LogP contribution is 2.40. The maximum absolute atomic E-state index is 13.0. The highest BCUT2D eigenvalue weighted by atomic mass is 19.1. The summed E-state index contributed by atoms with van der Waals surface area (Å²) >= 11 is 0. The first-order valence-corrected chi connectivity index (χ1v) is 9.15. The maximum Gasteiger partial charge on any atom is 0.248 e. The molecular formula is C21H23FN2O4. The van der Waals surface area contributed by atoms with Gasteiger partial charge in [0.1, 0.15) is 22.9 Å². The minimum Gasteiger partial charge on any atom is -0.457 e. The van der Waals surface area contributed by atoms with E-state index < -0.39 is 17.6 Å². The smallest absolute Gasteiger partial charge is 0.248 e. The lowest BCUT2D eigenvalue weighted by atomic mass is 9.86. The first-order chi connectivity index (χ1) is 13.3. The minimum atomic E-state index is -1.24. The van der Waals surface area contributed by atoms with Gasteiger partial charge < -0.3 is 20.5 Å². The number of benzene rings is 2. The zero-order valence-electron chi connectivity index (χ0n) is 15.6. The molecule has 7 heteroatoms. The Morgan fingerprint density at radius 3 is 2.29 bits per heavy atom. The first-order valence-electron chi connectivity index (χ1n) is 9.15. The first kappa shape index (κ1) is 19.8. The predicted molar refractivity (Wildman–Crippen MR) is 101 cm³/mol. The number of carbonyl (C=O) groups is 2. The number of rotatable bonds is 6. The Labute approximate surface area is 162 Å². The molecule has 2 unspecified atom stereocenters. The highest BCUT2D eigenvalue weighted by Gasteiger charge is 2.49. The van der Waals surface area contributed by atoms with Gasteiger partial charge in [-0.05, 0) is 61.7 Å². The van der Waals surface area contributed by atoms with E-state index >= 15 is 0 Å². The molecule has 0 aliphatic carbocycles. The average Bonchev–Trinajstić information content (AvgIpc) is 3.10. The number of aliphatic hydroxyl groups is 1. The van der Waals surface area contributed by atoms with E-state index in [-0.39, 0.29) is 18.1 Å². The number of hydrogen-bond acceptors (Lipinski definition) is 4. The summed E-state index contributed by atoms with van der Waals surface area (Å²) in [4.78, 5) is 26.5. The van der Waals surface area contributed by atoms with E-state index in [2.05, 4.69) is 0 Å². The van der Waals surface area contributed by atoms with Gasteiger partial charge in [0.15, 0.2) is 0 Å².